The van der Waals surface area contributed by atoms with Gasteiger partial charge in [0.05, 0.1) is 12.2 Å². The molecule has 2 aliphatic rings. The fourth-order valence-corrected chi connectivity index (χ4v) is 3.75. The van der Waals surface area contributed by atoms with Crippen molar-refractivity contribution in [3.8, 4) is 0 Å². The van der Waals surface area contributed by atoms with Crippen molar-refractivity contribution in [1.82, 2.24) is 10.2 Å². The Morgan fingerprint density at radius 3 is 2.40 bits per heavy atom. The summed E-state index contributed by atoms with van der Waals surface area (Å²) in [7, 11) is 0. The molecule has 20 heavy (non-hydrogen) atoms. The summed E-state index contributed by atoms with van der Waals surface area (Å²) < 4.78 is 0. The summed E-state index contributed by atoms with van der Waals surface area (Å²) >= 11 is 0. The van der Waals surface area contributed by atoms with Crippen LogP contribution >= 0.6 is 0 Å². The Kier molecular flexibility index (Phi) is 5.88. The number of amides is 1. The van der Waals surface area contributed by atoms with Crippen molar-refractivity contribution in [3.63, 3.8) is 0 Å². The van der Waals surface area contributed by atoms with Crippen LogP contribution in [0.3, 0.4) is 0 Å². The van der Waals surface area contributed by atoms with E-state index in [9.17, 15) is 4.79 Å². The molecule has 1 heterocycles. The van der Waals surface area contributed by atoms with E-state index in [4.69, 9.17) is 0 Å². The number of nitrogens with zero attached hydrogens (tertiary/aromatic N) is 1. The van der Waals surface area contributed by atoms with Crippen LogP contribution in [-0.2, 0) is 4.79 Å². The third kappa shape index (κ3) is 3.55. The van der Waals surface area contributed by atoms with Gasteiger partial charge >= 0.3 is 0 Å². The third-order valence-electron chi connectivity index (χ3n) is 4.92. The van der Waals surface area contributed by atoms with Crippen molar-refractivity contribution in [2.45, 2.75) is 96.8 Å². The lowest BCUT2D eigenvalue weighted by Crippen LogP contribution is -2.47. The van der Waals surface area contributed by atoms with Gasteiger partial charge in [-0.25, -0.2) is 0 Å². The van der Waals surface area contributed by atoms with E-state index < -0.39 is 0 Å². The van der Waals surface area contributed by atoms with Gasteiger partial charge in [-0.1, -0.05) is 59.3 Å². The van der Waals surface area contributed by atoms with Gasteiger partial charge in [0, 0.05) is 6.04 Å². The SMILES string of the molecule is CCCCC1NC(C(C)C)N(C2CCCCCC2)C1=O. The first-order valence-corrected chi connectivity index (χ1v) is 8.73. The molecule has 0 aromatic rings. The Labute approximate surface area is 124 Å². The molecule has 2 unspecified atom stereocenters. The lowest BCUT2D eigenvalue weighted by molar-refractivity contribution is -0.133. The van der Waals surface area contributed by atoms with E-state index in [1.54, 1.807) is 0 Å². The monoisotopic (exact) mass is 280 g/mol. The van der Waals surface area contributed by atoms with Gasteiger partial charge in [-0.15, -0.1) is 0 Å². The summed E-state index contributed by atoms with van der Waals surface area (Å²) in [6, 6.07) is 0.558. The minimum atomic E-state index is 0.0746. The van der Waals surface area contributed by atoms with Gasteiger partial charge in [0.25, 0.3) is 0 Å². The van der Waals surface area contributed by atoms with Crippen LogP contribution in [0, 0.1) is 5.92 Å². The third-order valence-corrected chi connectivity index (χ3v) is 4.92. The molecule has 0 bridgehead atoms. The van der Waals surface area contributed by atoms with Crippen LogP contribution in [0.25, 0.3) is 0 Å². The van der Waals surface area contributed by atoms with E-state index in [1.165, 1.54) is 44.9 Å². The first-order chi connectivity index (χ1) is 9.65. The maximum Gasteiger partial charge on any atom is 0.241 e. The molecule has 3 nitrogen and oxygen atoms in total. The fraction of sp³-hybridized carbons (Fsp3) is 0.941. The van der Waals surface area contributed by atoms with Crippen molar-refractivity contribution in [3.05, 3.63) is 0 Å². The predicted octanol–water partition coefficient (Wildman–Crippen LogP) is 3.68. The van der Waals surface area contributed by atoms with E-state index in [0.717, 1.165) is 12.8 Å². The maximum atomic E-state index is 12.8. The highest BCUT2D eigenvalue weighted by Crippen LogP contribution is 2.29. The summed E-state index contributed by atoms with van der Waals surface area (Å²) in [6.45, 7) is 6.66. The molecule has 1 aliphatic carbocycles. The van der Waals surface area contributed by atoms with Crippen LogP contribution in [-0.4, -0.2) is 29.1 Å². The minimum absolute atomic E-state index is 0.0746. The summed E-state index contributed by atoms with van der Waals surface area (Å²) in [6.07, 6.45) is 11.3. The zero-order valence-corrected chi connectivity index (χ0v) is 13.5. The standard InChI is InChI=1S/C17H32N2O/c1-4-5-12-15-17(20)19(16(18-15)13(2)3)14-10-8-6-7-9-11-14/h13-16,18H,4-12H2,1-3H3. The van der Waals surface area contributed by atoms with Gasteiger partial charge in [-0.05, 0) is 25.2 Å². The number of unbranched alkanes of at least 4 members (excludes halogenated alkanes) is 1. The van der Waals surface area contributed by atoms with Crippen LogP contribution in [0.2, 0.25) is 0 Å². The van der Waals surface area contributed by atoms with E-state index in [-0.39, 0.29) is 12.2 Å². The molecular weight excluding hydrogens is 248 g/mol. The van der Waals surface area contributed by atoms with Crippen LogP contribution in [0.15, 0.2) is 0 Å². The summed E-state index contributed by atoms with van der Waals surface area (Å²) in [5.74, 6) is 0.873. The topological polar surface area (TPSA) is 32.3 Å². The Bertz CT molecular complexity index is 308. The molecule has 1 N–H and O–H groups in total. The molecule has 1 saturated carbocycles. The normalized spacial score (nSPS) is 29.2. The molecule has 2 fully saturated rings. The van der Waals surface area contributed by atoms with Gasteiger partial charge in [0.1, 0.15) is 0 Å². The Balaban J connectivity index is 2.07. The zero-order chi connectivity index (χ0) is 14.5. The second kappa shape index (κ2) is 7.44. The molecule has 0 aromatic carbocycles. The molecule has 116 valence electrons. The van der Waals surface area contributed by atoms with E-state index in [0.29, 0.717) is 17.9 Å². The quantitative estimate of drug-likeness (QED) is 0.779. The highest BCUT2D eigenvalue weighted by atomic mass is 16.2. The smallest absolute Gasteiger partial charge is 0.241 e. The predicted molar refractivity (Wildman–Crippen MR) is 83.4 cm³/mol. The molecule has 3 heteroatoms. The van der Waals surface area contributed by atoms with Crippen molar-refractivity contribution in [1.29, 1.82) is 0 Å². The van der Waals surface area contributed by atoms with Gasteiger partial charge < -0.3 is 4.90 Å². The highest BCUT2D eigenvalue weighted by Gasteiger charge is 2.42. The maximum absolute atomic E-state index is 12.8. The number of carbonyl (C=O) groups is 1. The molecule has 2 rings (SSSR count). The number of nitrogens with one attached hydrogen (secondary N) is 1. The lowest BCUT2D eigenvalue weighted by atomic mass is 10.0. The van der Waals surface area contributed by atoms with Crippen LogP contribution in [0.5, 0.6) is 0 Å². The Hall–Kier alpha value is -0.570. The largest absolute Gasteiger partial charge is 0.323 e. The molecule has 0 spiro atoms. The highest BCUT2D eigenvalue weighted by molar-refractivity contribution is 5.84. The van der Waals surface area contributed by atoms with Crippen LogP contribution < -0.4 is 5.32 Å². The van der Waals surface area contributed by atoms with E-state index in [2.05, 4.69) is 31.0 Å². The minimum Gasteiger partial charge on any atom is -0.323 e. The van der Waals surface area contributed by atoms with Gasteiger partial charge in [0.15, 0.2) is 0 Å². The van der Waals surface area contributed by atoms with Crippen molar-refractivity contribution < 1.29 is 4.79 Å². The average molecular weight is 280 g/mol. The number of hydrogen-bond donors (Lipinski definition) is 1. The second-order valence-corrected chi connectivity index (χ2v) is 6.94. The molecule has 1 aliphatic heterocycles. The first kappa shape index (κ1) is 15.8. The van der Waals surface area contributed by atoms with Crippen molar-refractivity contribution >= 4 is 5.91 Å². The zero-order valence-electron chi connectivity index (χ0n) is 13.5. The Morgan fingerprint density at radius 1 is 1.20 bits per heavy atom. The van der Waals surface area contributed by atoms with Crippen LogP contribution in [0.1, 0.15) is 78.6 Å². The van der Waals surface area contributed by atoms with E-state index in [1.807, 2.05) is 0 Å². The molecule has 2 atom stereocenters. The Morgan fingerprint density at radius 2 is 1.85 bits per heavy atom. The lowest BCUT2D eigenvalue weighted by Gasteiger charge is -2.34. The van der Waals surface area contributed by atoms with Crippen LogP contribution in [0.4, 0.5) is 0 Å². The number of hydrogen-bond acceptors (Lipinski definition) is 2. The summed E-state index contributed by atoms with van der Waals surface area (Å²) in [4.78, 5) is 15.0. The molecular formula is C17H32N2O. The number of carbonyl (C=O) groups excluding carboxylic acids is 1. The van der Waals surface area contributed by atoms with E-state index >= 15 is 0 Å². The van der Waals surface area contributed by atoms with Gasteiger partial charge in [-0.2, -0.15) is 0 Å². The van der Waals surface area contributed by atoms with Crippen molar-refractivity contribution in [2.75, 3.05) is 0 Å². The number of rotatable bonds is 5. The summed E-state index contributed by atoms with van der Waals surface area (Å²) in [5.41, 5.74) is 0. The van der Waals surface area contributed by atoms with Gasteiger partial charge in [-0.3, -0.25) is 10.1 Å². The molecule has 0 radical (unpaired) electrons. The average Bonchev–Trinajstić information content (AvgIpc) is 2.62. The van der Waals surface area contributed by atoms with Crippen molar-refractivity contribution in [2.24, 2.45) is 5.92 Å². The second-order valence-electron chi connectivity index (χ2n) is 6.94. The summed E-state index contributed by atoms with van der Waals surface area (Å²) in [5, 5.41) is 3.62. The fourth-order valence-electron chi connectivity index (χ4n) is 3.75. The first-order valence-electron chi connectivity index (χ1n) is 8.73. The molecule has 1 saturated heterocycles. The molecule has 1 amide bonds. The molecule has 0 aromatic heterocycles. The van der Waals surface area contributed by atoms with Gasteiger partial charge in [0.2, 0.25) is 5.91 Å².